The molecule has 5 nitrogen and oxygen atoms in total. The monoisotopic (exact) mass is 367 g/mol. The first-order valence-corrected chi connectivity index (χ1v) is 9.35. The highest BCUT2D eigenvalue weighted by Crippen LogP contribution is 2.45. The van der Waals surface area contributed by atoms with E-state index in [1.165, 1.54) is 0 Å². The smallest absolute Gasteiger partial charge is 0.338 e. The van der Waals surface area contributed by atoms with Gasteiger partial charge in [0, 0.05) is 12.0 Å². The maximum Gasteiger partial charge on any atom is 0.338 e. The summed E-state index contributed by atoms with van der Waals surface area (Å²) in [4.78, 5) is 26.1. The summed E-state index contributed by atoms with van der Waals surface area (Å²) < 4.78 is 10.7. The van der Waals surface area contributed by atoms with E-state index in [1.807, 2.05) is 60.7 Å². The number of hydrogen-bond acceptors (Lipinski definition) is 5. The number of hydrogen-bond donors (Lipinski definition) is 1. The second-order valence-corrected chi connectivity index (χ2v) is 6.56. The molecule has 1 N–H and O–H groups in total. The highest BCUT2D eigenvalue weighted by molar-refractivity contribution is 6.07. The molecule has 27 heavy (non-hydrogen) atoms. The Bertz CT molecular complexity index is 757. The molecule has 0 aliphatic carbocycles. The van der Waals surface area contributed by atoms with E-state index in [0.29, 0.717) is 6.42 Å². The minimum absolute atomic E-state index is 0.162. The van der Waals surface area contributed by atoms with Gasteiger partial charge in [0.1, 0.15) is 0 Å². The van der Waals surface area contributed by atoms with Gasteiger partial charge >= 0.3 is 11.9 Å². The van der Waals surface area contributed by atoms with Crippen molar-refractivity contribution in [2.75, 3.05) is 13.2 Å². The van der Waals surface area contributed by atoms with E-state index in [4.69, 9.17) is 9.47 Å². The standard InChI is InChI=1S/C22H25NO4/c1-3-26-20(24)22(21(25)27-4-2)18(16-11-7-5-8-12-16)15-19(23-22)17-13-9-6-10-14-17/h5-14,18-19,23H,3-4,15H2,1-2H3/t18-,19+/m0/s1. The Morgan fingerprint density at radius 3 is 1.85 bits per heavy atom. The SMILES string of the molecule is CCOC(=O)C1(C(=O)OCC)N[C@@H](c2ccccc2)C[C@H]1c1ccccc1. The van der Waals surface area contributed by atoms with Gasteiger partial charge in [-0.1, -0.05) is 60.7 Å². The number of rotatable bonds is 6. The lowest BCUT2D eigenvalue weighted by Crippen LogP contribution is -2.59. The van der Waals surface area contributed by atoms with Crippen LogP contribution < -0.4 is 5.32 Å². The summed E-state index contributed by atoms with van der Waals surface area (Å²) in [5.41, 5.74) is 0.367. The number of carbonyl (C=O) groups excluding carboxylic acids is 2. The Labute approximate surface area is 159 Å². The molecular weight excluding hydrogens is 342 g/mol. The van der Waals surface area contributed by atoms with Gasteiger partial charge in [-0.05, 0) is 31.4 Å². The van der Waals surface area contributed by atoms with Crippen LogP contribution in [0, 0.1) is 0 Å². The van der Waals surface area contributed by atoms with E-state index < -0.39 is 17.5 Å². The Morgan fingerprint density at radius 2 is 1.37 bits per heavy atom. The van der Waals surface area contributed by atoms with Crippen molar-refractivity contribution in [3.63, 3.8) is 0 Å². The molecule has 0 amide bonds. The van der Waals surface area contributed by atoms with Gasteiger partial charge in [-0.25, -0.2) is 9.59 Å². The lowest BCUT2D eigenvalue weighted by atomic mass is 9.79. The van der Waals surface area contributed by atoms with Crippen molar-refractivity contribution in [1.82, 2.24) is 5.32 Å². The molecule has 0 spiro atoms. The van der Waals surface area contributed by atoms with Crippen LogP contribution in [0.4, 0.5) is 0 Å². The molecular formula is C22H25NO4. The fourth-order valence-electron chi connectivity index (χ4n) is 3.80. The van der Waals surface area contributed by atoms with Gasteiger partial charge in [-0.15, -0.1) is 0 Å². The third-order valence-corrected chi connectivity index (χ3v) is 4.99. The van der Waals surface area contributed by atoms with E-state index >= 15 is 0 Å². The number of benzene rings is 2. The Balaban J connectivity index is 2.09. The quantitative estimate of drug-likeness (QED) is 0.626. The van der Waals surface area contributed by atoms with Gasteiger partial charge in [0.15, 0.2) is 0 Å². The van der Waals surface area contributed by atoms with Gasteiger partial charge in [0.2, 0.25) is 5.54 Å². The third-order valence-electron chi connectivity index (χ3n) is 4.99. The molecule has 0 unspecified atom stereocenters. The number of ether oxygens (including phenoxy) is 2. The number of carbonyl (C=O) groups is 2. The van der Waals surface area contributed by atoms with Crippen molar-refractivity contribution in [2.24, 2.45) is 0 Å². The van der Waals surface area contributed by atoms with Crippen LogP contribution in [0.3, 0.4) is 0 Å². The van der Waals surface area contributed by atoms with Gasteiger partial charge in [0.25, 0.3) is 0 Å². The first-order valence-electron chi connectivity index (χ1n) is 9.35. The van der Waals surface area contributed by atoms with Crippen LogP contribution in [0.1, 0.15) is 43.4 Å². The molecule has 3 rings (SSSR count). The maximum absolute atomic E-state index is 13.1. The van der Waals surface area contributed by atoms with Gasteiger partial charge in [-0.3, -0.25) is 5.32 Å². The van der Waals surface area contributed by atoms with Crippen LogP contribution in [0.15, 0.2) is 60.7 Å². The molecule has 0 aromatic heterocycles. The Kier molecular flexibility index (Phi) is 5.91. The normalized spacial score (nSPS) is 20.8. The zero-order chi connectivity index (χ0) is 19.3. The molecule has 0 radical (unpaired) electrons. The zero-order valence-corrected chi connectivity index (χ0v) is 15.7. The molecule has 1 saturated heterocycles. The van der Waals surface area contributed by atoms with Crippen molar-refractivity contribution < 1.29 is 19.1 Å². The molecule has 2 aromatic rings. The summed E-state index contributed by atoms with van der Waals surface area (Å²) in [5, 5.41) is 3.29. The van der Waals surface area contributed by atoms with Crippen LogP contribution in [-0.2, 0) is 19.1 Å². The maximum atomic E-state index is 13.1. The van der Waals surface area contributed by atoms with Gasteiger partial charge in [0.05, 0.1) is 13.2 Å². The van der Waals surface area contributed by atoms with Gasteiger partial charge in [-0.2, -0.15) is 0 Å². The predicted octanol–water partition coefficient (Wildman–Crippen LogP) is 3.37. The van der Waals surface area contributed by atoms with Crippen LogP contribution >= 0.6 is 0 Å². The molecule has 1 heterocycles. The molecule has 2 atom stereocenters. The third kappa shape index (κ3) is 3.60. The fraction of sp³-hybridized carbons (Fsp3) is 0.364. The fourth-order valence-corrected chi connectivity index (χ4v) is 3.80. The first kappa shape index (κ1) is 19.1. The topological polar surface area (TPSA) is 64.6 Å². The minimum atomic E-state index is -1.56. The molecule has 1 fully saturated rings. The van der Waals surface area contributed by atoms with E-state index in [-0.39, 0.29) is 25.2 Å². The Morgan fingerprint density at radius 1 is 0.889 bits per heavy atom. The predicted molar refractivity (Wildman–Crippen MR) is 102 cm³/mol. The number of nitrogens with one attached hydrogen (secondary N) is 1. The highest BCUT2D eigenvalue weighted by atomic mass is 16.6. The molecule has 1 aliphatic heterocycles. The first-order chi connectivity index (χ1) is 13.1. The van der Waals surface area contributed by atoms with Crippen LogP contribution in [0.2, 0.25) is 0 Å². The molecule has 0 saturated carbocycles. The highest BCUT2D eigenvalue weighted by Gasteiger charge is 2.60. The van der Waals surface area contributed by atoms with Crippen molar-refractivity contribution >= 4 is 11.9 Å². The summed E-state index contributed by atoms with van der Waals surface area (Å²) in [7, 11) is 0. The average molecular weight is 367 g/mol. The zero-order valence-electron chi connectivity index (χ0n) is 15.7. The van der Waals surface area contributed by atoms with Crippen LogP contribution in [-0.4, -0.2) is 30.7 Å². The average Bonchev–Trinajstić information content (AvgIpc) is 3.12. The summed E-state index contributed by atoms with van der Waals surface area (Å²) in [6, 6.07) is 19.3. The second-order valence-electron chi connectivity index (χ2n) is 6.56. The van der Waals surface area contributed by atoms with E-state index in [1.54, 1.807) is 13.8 Å². The largest absolute Gasteiger partial charge is 0.464 e. The summed E-state index contributed by atoms with van der Waals surface area (Å²) in [6.45, 7) is 3.86. The van der Waals surface area contributed by atoms with E-state index in [9.17, 15) is 9.59 Å². The van der Waals surface area contributed by atoms with E-state index in [2.05, 4.69) is 5.32 Å². The van der Waals surface area contributed by atoms with Crippen LogP contribution in [0.5, 0.6) is 0 Å². The van der Waals surface area contributed by atoms with Crippen molar-refractivity contribution in [3.05, 3.63) is 71.8 Å². The minimum Gasteiger partial charge on any atom is -0.464 e. The molecule has 0 bridgehead atoms. The molecule has 142 valence electrons. The van der Waals surface area contributed by atoms with E-state index in [0.717, 1.165) is 11.1 Å². The second kappa shape index (κ2) is 8.35. The molecule has 5 heteroatoms. The van der Waals surface area contributed by atoms with Crippen molar-refractivity contribution in [1.29, 1.82) is 0 Å². The Hall–Kier alpha value is -2.66. The molecule has 1 aliphatic rings. The van der Waals surface area contributed by atoms with Gasteiger partial charge < -0.3 is 9.47 Å². The lowest BCUT2D eigenvalue weighted by Gasteiger charge is -2.31. The van der Waals surface area contributed by atoms with Crippen molar-refractivity contribution in [3.8, 4) is 0 Å². The molecule has 2 aromatic carbocycles. The summed E-state index contributed by atoms with van der Waals surface area (Å²) in [5.74, 6) is -1.56. The summed E-state index contributed by atoms with van der Waals surface area (Å²) >= 11 is 0. The summed E-state index contributed by atoms with van der Waals surface area (Å²) in [6.07, 6.45) is 0.589. The van der Waals surface area contributed by atoms with Crippen molar-refractivity contribution in [2.45, 2.75) is 37.8 Å². The van der Waals surface area contributed by atoms with Crippen LogP contribution in [0.25, 0.3) is 0 Å². The number of esters is 2. The lowest BCUT2D eigenvalue weighted by molar-refractivity contribution is -0.166.